The Hall–Kier alpha value is -4.43. The number of hydrogen-bond donors (Lipinski definition) is 3. The summed E-state index contributed by atoms with van der Waals surface area (Å²) in [6.07, 6.45) is 1.84. The molecule has 36 heavy (non-hydrogen) atoms. The molecule has 1 aliphatic rings. The molecule has 11 heteroatoms. The number of pyridine rings is 2. The van der Waals surface area contributed by atoms with Gasteiger partial charge in [0.05, 0.1) is 33.5 Å². The second kappa shape index (κ2) is 8.35. The van der Waals surface area contributed by atoms with Gasteiger partial charge in [-0.25, -0.2) is 22.8 Å². The molecule has 1 aliphatic heterocycles. The third-order valence-corrected chi connectivity index (χ3v) is 6.35. The fourth-order valence-electron chi connectivity index (χ4n) is 4.86. The van der Waals surface area contributed by atoms with Gasteiger partial charge < -0.3 is 15.6 Å². The van der Waals surface area contributed by atoms with Crippen LogP contribution in [0.2, 0.25) is 0 Å². The second-order valence-corrected chi connectivity index (χ2v) is 8.48. The smallest absolute Gasteiger partial charge is 0.282 e. The van der Waals surface area contributed by atoms with Crippen molar-refractivity contribution < 1.29 is 13.2 Å². The summed E-state index contributed by atoms with van der Waals surface area (Å²) in [6, 6.07) is 6.51. The van der Waals surface area contributed by atoms with Gasteiger partial charge in [0.2, 0.25) is 0 Å². The summed E-state index contributed by atoms with van der Waals surface area (Å²) in [4.78, 5) is 12.0. The van der Waals surface area contributed by atoms with E-state index < -0.39 is 12.2 Å². The minimum atomic E-state index is -2.76. The lowest BCUT2D eigenvalue weighted by Gasteiger charge is -2.14. The summed E-state index contributed by atoms with van der Waals surface area (Å²) in [5.74, 6) is -0.454. The van der Waals surface area contributed by atoms with Gasteiger partial charge >= 0.3 is 0 Å². The molecule has 0 bridgehead atoms. The van der Waals surface area contributed by atoms with Crippen LogP contribution in [0.1, 0.15) is 35.9 Å². The molecule has 0 atom stereocenters. The number of nitriles is 1. The number of nitrogens with one attached hydrogen (secondary N) is 3. The molecule has 0 spiro atoms. The van der Waals surface area contributed by atoms with Gasteiger partial charge in [0.15, 0.2) is 0 Å². The van der Waals surface area contributed by atoms with Crippen molar-refractivity contribution in [3.8, 4) is 22.9 Å². The van der Waals surface area contributed by atoms with Crippen molar-refractivity contribution >= 4 is 27.6 Å². The van der Waals surface area contributed by atoms with Crippen LogP contribution in [0, 0.1) is 17.1 Å². The maximum atomic E-state index is 14.8. The molecular formula is C25H19F3N8. The van der Waals surface area contributed by atoms with Crippen molar-refractivity contribution in [3.05, 3.63) is 65.1 Å². The van der Waals surface area contributed by atoms with E-state index in [0.29, 0.717) is 74.3 Å². The highest BCUT2D eigenvalue weighted by molar-refractivity contribution is 6.15. The number of rotatable bonds is 5. The lowest BCUT2D eigenvalue weighted by Crippen LogP contribution is -2.10. The van der Waals surface area contributed by atoms with Crippen LogP contribution in [-0.4, -0.2) is 31.3 Å². The molecule has 8 nitrogen and oxygen atoms in total. The Morgan fingerprint density at radius 3 is 2.83 bits per heavy atom. The molecule has 5 heterocycles. The molecule has 180 valence electrons. The minimum absolute atomic E-state index is 0.275. The van der Waals surface area contributed by atoms with Crippen LogP contribution in [0.25, 0.3) is 38.8 Å². The Morgan fingerprint density at radius 2 is 2.06 bits per heavy atom. The van der Waals surface area contributed by atoms with Crippen molar-refractivity contribution in [2.45, 2.75) is 26.4 Å². The Bertz CT molecular complexity index is 1700. The quantitative estimate of drug-likeness (QED) is 0.323. The molecule has 0 fully saturated rings. The summed E-state index contributed by atoms with van der Waals surface area (Å²) in [5.41, 5.74) is 4.28. The molecule has 0 amide bonds. The van der Waals surface area contributed by atoms with E-state index in [0.717, 1.165) is 0 Å². The van der Waals surface area contributed by atoms with Crippen molar-refractivity contribution in [1.29, 1.82) is 5.26 Å². The van der Waals surface area contributed by atoms with Crippen molar-refractivity contribution in [2.24, 2.45) is 0 Å². The van der Waals surface area contributed by atoms with Crippen molar-refractivity contribution in [2.75, 3.05) is 11.9 Å². The van der Waals surface area contributed by atoms with Gasteiger partial charge in [-0.3, -0.25) is 4.98 Å². The zero-order valence-corrected chi connectivity index (χ0v) is 19.0. The maximum Gasteiger partial charge on any atom is 0.282 e. The summed E-state index contributed by atoms with van der Waals surface area (Å²) in [5, 5.41) is 21.1. The van der Waals surface area contributed by atoms with E-state index in [9.17, 15) is 18.4 Å². The maximum absolute atomic E-state index is 14.8. The first-order chi connectivity index (χ1) is 17.5. The summed E-state index contributed by atoms with van der Waals surface area (Å²) in [6.45, 7) is 3.09. The topological polar surface area (TPSA) is 107 Å². The van der Waals surface area contributed by atoms with Gasteiger partial charge in [-0.1, -0.05) is 0 Å². The number of anilines is 1. The number of H-pyrrole nitrogens is 1. The molecule has 0 saturated carbocycles. The van der Waals surface area contributed by atoms with Crippen molar-refractivity contribution in [1.82, 2.24) is 30.0 Å². The van der Waals surface area contributed by atoms with Gasteiger partial charge in [0, 0.05) is 60.3 Å². The lowest BCUT2D eigenvalue weighted by molar-refractivity contribution is 0.144. The third kappa shape index (κ3) is 3.30. The fourth-order valence-corrected chi connectivity index (χ4v) is 4.86. The number of aromatic amines is 1. The average Bonchev–Trinajstić information content (AvgIpc) is 3.57. The first-order valence-corrected chi connectivity index (χ1v) is 11.3. The summed E-state index contributed by atoms with van der Waals surface area (Å²) < 4.78 is 44.2. The Labute approximate surface area is 202 Å². The van der Waals surface area contributed by atoms with E-state index in [2.05, 4.69) is 36.8 Å². The van der Waals surface area contributed by atoms with E-state index >= 15 is 0 Å². The molecule has 0 radical (unpaired) electrons. The normalized spacial score (nSPS) is 13.0. The van der Waals surface area contributed by atoms with Gasteiger partial charge in [0.1, 0.15) is 23.2 Å². The predicted octanol–water partition coefficient (Wildman–Crippen LogP) is 4.95. The Balaban J connectivity index is 1.77. The number of nitrogens with zero attached hydrogens (tertiary/aromatic N) is 5. The standard InChI is InChI=1S/C25H19F3N8/c1-2-32-18-5-14(26)4-15-20-23(36-19-11-31-9-17(19)22(35-36)24(27)28)16(10-33-25(20)34-21(15)18)13-3-12(6-29)7-30-8-13/h3-5,7-8,10,24,31-32H,2,9,11H2,1H3,(H,33,34). The van der Waals surface area contributed by atoms with Gasteiger partial charge in [-0.05, 0) is 25.1 Å². The number of alkyl halides is 2. The minimum Gasteiger partial charge on any atom is -0.384 e. The fraction of sp³-hybridized carbons (Fsp3) is 0.200. The molecule has 4 aromatic heterocycles. The van der Waals surface area contributed by atoms with Gasteiger partial charge in [-0.2, -0.15) is 10.4 Å². The predicted molar refractivity (Wildman–Crippen MR) is 128 cm³/mol. The van der Waals surface area contributed by atoms with Crippen LogP contribution in [0.5, 0.6) is 0 Å². The Morgan fingerprint density at radius 1 is 1.19 bits per heavy atom. The van der Waals surface area contributed by atoms with Crippen LogP contribution in [0.3, 0.4) is 0 Å². The van der Waals surface area contributed by atoms with Crippen LogP contribution in [-0.2, 0) is 13.1 Å². The molecular weight excluding hydrogens is 469 g/mol. The monoisotopic (exact) mass is 488 g/mol. The second-order valence-electron chi connectivity index (χ2n) is 8.48. The average molecular weight is 488 g/mol. The first-order valence-electron chi connectivity index (χ1n) is 11.3. The van der Waals surface area contributed by atoms with Crippen LogP contribution >= 0.6 is 0 Å². The molecule has 3 N–H and O–H groups in total. The number of aromatic nitrogens is 5. The summed E-state index contributed by atoms with van der Waals surface area (Å²) in [7, 11) is 0. The summed E-state index contributed by atoms with van der Waals surface area (Å²) >= 11 is 0. The molecule has 0 unspecified atom stereocenters. The number of fused-ring (bicyclic) bond motifs is 4. The van der Waals surface area contributed by atoms with Crippen molar-refractivity contribution in [3.63, 3.8) is 0 Å². The van der Waals surface area contributed by atoms with E-state index in [1.807, 2.05) is 6.92 Å². The first kappa shape index (κ1) is 22.1. The van der Waals surface area contributed by atoms with Crippen LogP contribution < -0.4 is 10.6 Å². The largest absolute Gasteiger partial charge is 0.384 e. The zero-order chi connectivity index (χ0) is 25.0. The highest BCUT2D eigenvalue weighted by atomic mass is 19.3. The highest BCUT2D eigenvalue weighted by Gasteiger charge is 2.30. The van der Waals surface area contributed by atoms with E-state index in [1.165, 1.54) is 23.0 Å². The van der Waals surface area contributed by atoms with Gasteiger partial charge in [-0.15, -0.1) is 0 Å². The van der Waals surface area contributed by atoms with Crippen LogP contribution in [0.4, 0.5) is 18.9 Å². The molecule has 0 aliphatic carbocycles. The Kier molecular flexibility index (Phi) is 5.12. The number of benzene rings is 1. The van der Waals surface area contributed by atoms with E-state index in [-0.39, 0.29) is 12.2 Å². The zero-order valence-electron chi connectivity index (χ0n) is 19.0. The molecule has 1 aromatic carbocycles. The van der Waals surface area contributed by atoms with Gasteiger partial charge in [0.25, 0.3) is 6.43 Å². The molecule has 5 aromatic rings. The SMILES string of the molecule is CCNc1cc(F)cc2c1[nH]c1ncc(-c3cncc(C#N)c3)c(-n3nc(C(F)F)c4c3CNC4)c12. The number of hydrogen-bond acceptors (Lipinski definition) is 6. The molecule has 0 saturated heterocycles. The van der Waals surface area contributed by atoms with E-state index in [4.69, 9.17) is 0 Å². The lowest BCUT2D eigenvalue weighted by atomic mass is 10.0. The number of halogens is 3. The molecule has 6 rings (SSSR count). The highest BCUT2D eigenvalue weighted by Crippen LogP contribution is 2.41. The van der Waals surface area contributed by atoms with E-state index in [1.54, 1.807) is 18.5 Å². The van der Waals surface area contributed by atoms with Crippen LogP contribution in [0.15, 0.2) is 36.8 Å². The third-order valence-electron chi connectivity index (χ3n) is 6.35.